The number of aryl methyl sites for hydroxylation is 3. The van der Waals surface area contributed by atoms with Crippen molar-refractivity contribution in [1.29, 1.82) is 0 Å². The van der Waals surface area contributed by atoms with Crippen LogP contribution in [0.25, 0.3) is 0 Å². The third-order valence-electron chi connectivity index (χ3n) is 2.59. The molecule has 0 heterocycles. The van der Waals surface area contributed by atoms with Gasteiger partial charge in [-0.2, -0.15) is 119 Å². The van der Waals surface area contributed by atoms with Crippen LogP contribution in [0.3, 0.4) is 0 Å². The quantitative estimate of drug-likeness (QED) is 0.171. The molecule has 0 unspecified atom stereocenters. The molecule has 0 spiro atoms. The van der Waals surface area contributed by atoms with Gasteiger partial charge in [-0.15, -0.1) is 0 Å². The van der Waals surface area contributed by atoms with Crippen molar-refractivity contribution >= 4 is 29.7 Å². The average Bonchev–Trinajstić information content (AvgIpc) is 2.57. The third kappa shape index (κ3) is 33.3. The van der Waals surface area contributed by atoms with Crippen molar-refractivity contribution in [3.05, 3.63) is 108 Å². The molecular formula is C21H21O2PS2Zn3. The summed E-state index contributed by atoms with van der Waals surface area (Å²) in [6.07, 6.45) is 0. The minimum absolute atomic E-state index is 0. The van der Waals surface area contributed by atoms with Crippen LogP contribution < -0.4 is 9.79 Å². The Bertz CT molecular complexity index is 646. The van der Waals surface area contributed by atoms with Gasteiger partial charge in [0.15, 0.2) is 0 Å². The van der Waals surface area contributed by atoms with Crippen molar-refractivity contribution in [2.75, 3.05) is 0 Å². The maximum atomic E-state index is 9.29. The first-order valence-electron chi connectivity index (χ1n) is 7.71. The Kier molecular flexibility index (Phi) is 29.3. The fourth-order valence-corrected chi connectivity index (χ4v) is 1.45. The van der Waals surface area contributed by atoms with Crippen LogP contribution >= 0.6 is 5.69 Å². The molecule has 140 valence electrons. The number of benzene rings is 3. The molecule has 3 rings (SSSR count). The van der Waals surface area contributed by atoms with Crippen LogP contribution in [0.2, 0.25) is 0 Å². The Labute approximate surface area is 224 Å². The van der Waals surface area contributed by atoms with Gasteiger partial charge in [0.05, 0.1) is 0 Å². The van der Waals surface area contributed by atoms with Gasteiger partial charge in [-0.05, 0) is 0 Å². The van der Waals surface area contributed by atoms with Gasteiger partial charge in [0.1, 0.15) is 0 Å². The van der Waals surface area contributed by atoms with Crippen LogP contribution in [0.5, 0.6) is 0 Å². The van der Waals surface area contributed by atoms with Gasteiger partial charge in [0, 0.05) is 0 Å². The molecular weight excluding hydrogens is 576 g/mol. The van der Waals surface area contributed by atoms with Crippen LogP contribution in [-0.2, 0) is 82.5 Å². The van der Waals surface area contributed by atoms with E-state index >= 15 is 0 Å². The topological polar surface area (TPSA) is 46.1 Å². The normalized spacial score (nSPS) is 8.34. The van der Waals surface area contributed by atoms with Gasteiger partial charge in [-0.25, -0.2) is 0 Å². The molecule has 0 fully saturated rings. The molecule has 0 radical (unpaired) electrons. The van der Waals surface area contributed by atoms with Crippen molar-refractivity contribution in [1.82, 2.24) is 0 Å². The molecule has 0 saturated carbocycles. The van der Waals surface area contributed by atoms with Crippen molar-refractivity contribution in [3.8, 4) is 0 Å². The minimum Gasteiger partial charge on any atom is -0.850 e. The van der Waals surface area contributed by atoms with Crippen molar-refractivity contribution < 1.29 is 68.2 Å². The van der Waals surface area contributed by atoms with Gasteiger partial charge >= 0.3 is 58.4 Å². The summed E-state index contributed by atoms with van der Waals surface area (Å²) in [6, 6.07) is 32.8. The second-order valence-corrected chi connectivity index (χ2v) is 9.56. The number of hydrogen-bond donors (Lipinski definition) is 0. The van der Waals surface area contributed by atoms with Crippen LogP contribution in [-0.4, -0.2) is 0 Å². The summed E-state index contributed by atoms with van der Waals surface area (Å²) in [5, 5.41) is 0. The Morgan fingerprint density at radius 1 is 0.655 bits per heavy atom. The summed E-state index contributed by atoms with van der Waals surface area (Å²) < 4.78 is 0. The van der Waals surface area contributed by atoms with Crippen molar-refractivity contribution in [2.45, 2.75) is 20.8 Å². The van der Waals surface area contributed by atoms with E-state index in [0.717, 1.165) is 0 Å². The number of rotatable bonds is 0. The molecule has 2 nitrogen and oxygen atoms in total. The summed E-state index contributed by atoms with van der Waals surface area (Å²) in [5.41, 5.74) is -0.132. The molecule has 0 N–H and O–H groups in total. The van der Waals surface area contributed by atoms with Gasteiger partial charge in [0.25, 0.3) is 0 Å². The molecule has 0 aliphatic rings. The molecule has 0 atom stereocenters. The molecule has 0 aromatic heterocycles. The van der Waals surface area contributed by atoms with E-state index in [1.165, 1.54) is 16.7 Å². The summed E-state index contributed by atoms with van der Waals surface area (Å²) in [6.45, 7) is 6.08. The summed E-state index contributed by atoms with van der Waals surface area (Å²) in [5.74, 6) is 0. The molecule has 29 heavy (non-hydrogen) atoms. The summed E-state index contributed by atoms with van der Waals surface area (Å²) >= 11 is 7.28. The Morgan fingerprint density at radius 2 is 0.862 bits per heavy atom. The SMILES string of the molecule is Cc1[c-]cccc1.Cc1[c-]cccc1.Cc1[c-]cccc1.[O-]P([O-])(=S)[S-].[Zn+2].[Zn+2].[Zn+2]. The maximum Gasteiger partial charge on any atom is 2.00 e. The second kappa shape index (κ2) is 23.1. The minimum atomic E-state index is -3.72. The van der Waals surface area contributed by atoms with Gasteiger partial charge in [0.2, 0.25) is 0 Å². The zero-order valence-corrected chi connectivity index (χ0v) is 28.6. The Balaban J connectivity index is -0.000000140. The first-order chi connectivity index (χ1) is 12.2. The van der Waals surface area contributed by atoms with Crippen molar-refractivity contribution in [3.63, 3.8) is 0 Å². The van der Waals surface area contributed by atoms with E-state index in [9.17, 15) is 9.79 Å². The van der Waals surface area contributed by atoms with Crippen LogP contribution in [0, 0.1) is 39.0 Å². The first kappa shape index (κ1) is 36.8. The third-order valence-corrected chi connectivity index (χ3v) is 2.59. The second-order valence-electron chi connectivity index (χ2n) is 5.08. The molecule has 0 aliphatic heterocycles. The van der Waals surface area contributed by atoms with Crippen molar-refractivity contribution in [2.24, 2.45) is 0 Å². The molecule has 3 aromatic rings. The summed E-state index contributed by atoms with van der Waals surface area (Å²) in [7, 11) is 0. The van der Waals surface area contributed by atoms with E-state index in [1.54, 1.807) is 0 Å². The predicted molar refractivity (Wildman–Crippen MR) is 112 cm³/mol. The van der Waals surface area contributed by atoms with E-state index in [4.69, 9.17) is 0 Å². The van der Waals surface area contributed by atoms with Gasteiger partial charge in [-0.1, -0.05) is 20.8 Å². The smallest absolute Gasteiger partial charge is 0.850 e. The van der Waals surface area contributed by atoms with Gasteiger partial charge < -0.3 is 27.7 Å². The van der Waals surface area contributed by atoms with E-state index in [-0.39, 0.29) is 58.4 Å². The largest absolute Gasteiger partial charge is 2.00 e. The molecule has 3 aromatic carbocycles. The van der Waals surface area contributed by atoms with E-state index in [2.05, 4.69) is 42.3 Å². The summed E-state index contributed by atoms with van der Waals surface area (Å²) in [4.78, 5) is 18.6. The predicted octanol–water partition coefficient (Wildman–Crippen LogP) is 3.86. The van der Waals surface area contributed by atoms with Crippen LogP contribution in [0.4, 0.5) is 0 Å². The Hall–Kier alpha value is 0.450. The number of hydrogen-bond acceptors (Lipinski definition) is 4. The molecule has 0 aliphatic carbocycles. The average molecular weight is 597 g/mol. The Morgan fingerprint density at radius 3 is 0.931 bits per heavy atom. The fraction of sp³-hybridized carbons (Fsp3) is 0.143. The monoisotopic (exact) mass is 592 g/mol. The van der Waals surface area contributed by atoms with E-state index in [1.807, 2.05) is 93.6 Å². The fourth-order valence-electron chi connectivity index (χ4n) is 1.45. The molecule has 0 amide bonds. The van der Waals surface area contributed by atoms with Crippen LogP contribution in [0.1, 0.15) is 16.7 Å². The van der Waals surface area contributed by atoms with Gasteiger partial charge in [-0.3, -0.25) is 0 Å². The molecule has 0 bridgehead atoms. The van der Waals surface area contributed by atoms with Crippen LogP contribution in [0.15, 0.2) is 72.8 Å². The maximum absolute atomic E-state index is 9.29. The molecule has 8 heteroatoms. The standard InChI is InChI=1S/3C7H7.H3O2PS2.3Zn/c3*1-7-5-3-2-4-6-7;1-3(2,4)5;;;/h3*2-5H,1H3;(H3,1,2,4,5);;;/q3*-1;;3*+2/p-3. The zero-order chi connectivity index (χ0) is 19.8. The zero-order valence-electron chi connectivity index (χ0n) is 17.1. The van der Waals surface area contributed by atoms with E-state index in [0.29, 0.717) is 0 Å². The first-order valence-corrected chi connectivity index (χ1v) is 11.4. The van der Waals surface area contributed by atoms with E-state index < -0.39 is 5.69 Å². The molecule has 0 saturated heterocycles.